The number of amides is 1. The minimum Gasteiger partial charge on any atom is -0.460 e. The molecule has 0 aliphatic rings. The number of carbonyl (C=O) groups excluding carboxylic acids is 2. The Bertz CT molecular complexity index is 748. The van der Waals surface area contributed by atoms with Crippen LogP contribution in [0.3, 0.4) is 0 Å². The molecule has 0 spiro atoms. The zero-order valence-corrected chi connectivity index (χ0v) is 14.1. The number of nitrogens with zero attached hydrogens (tertiary/aromatic N) is 1. The molecule has 1 heterocycles. The molecule has 1 aromatic carbocycles. The van der Waals surface area contributed by atoms with E-state index in [0.717, 1.165) is 0 Å². The molecule has 6 nitrogen and oxygen atoms in total. The van der Waals surface area contributed by atoms with Gasteiger partial charge in [0.25, 0.3) is 0 Å². The molecule has 0 bridgehead atoms. The molecule has 126 valence electrons. The molecular weight excluding hydrogens is 353 g/mol. The van der Waals surface area contributed by atoms with Gasteiger partial charge in [-0.15, -0.1) is 0 Å². The van der Waals surface area contributed by atoms with E-state index in [4.69, 9.17) is 39.4 Å². The highest BCUT2D eigenvalue weighted by molar-refractivity contribution is 6.32. The molecule has 8 heteroatoms. The van der Waals surface area contributed by atoms with Gasteiger partial charge in [0, 0.05) is 5.56 Å². The maximum absolute atomic E-state index is 12.0. The molecule has 2 aromatic rings. The van der Waals surface area contributed by atoms with Crippen molar-refractivity contribution in [2.75, 3.05) is 0 Å². The summed E-state index contributed by atoms with van der Waals surface area (Å²) in [6.07, 6.45) is 0.135. The van der Waals surface area contributed by atoms with Gasteiger partial charge in [-0.2, -0.15) is 0 Å². The number of ether oxygens (including phenoxy) is 1. The predicted octanol–water partition coefficient (Wildman–Crippen LogP) is 2.10. The van der Waals surface area contributed by atoms with E-state index < -0.39 is 17.9 Å². The van der Waals surface area contributed by atoms with E-state index in [0.29, 0.717) is 16.7 Å². The Morgan fingerprint density at radius 2 is 1.79 bits per heavy atom. The Morgan fingerprint density at radius 3 is 2.42 bits per heavy atom. The van der Waals surface area contributed by atoms with Crippen molar-refractivity contribution >= 4 is 35.1 Å². The molecular formula is C16H15Cl2N3O3. The molecule has 1 amide bonds. The number of nitrogens with two attached hydrogens (primary N) is 2. The monoisotopic (exact) mass is 367 g/mol. The first-order chi connectivity index (χ1) is 11.4. The van der Waals surface area contributed by atoms with Gasteiger partial charge in [-0.05, 0) is 35.7 Å². The summed E-state index contributed by atoms with van der Waals surface area (Å²) in [7, 11) is 0. The van der Waals surface area contributed by atoms with Gasteiger partial charge in [-0.25, -0.2) is 4.98 Å². The third-order valence-electron chi connectivity index (χ3n) is 3.23. The van der Waals surface area contributed by atoms with Crippen LogP contribution < -0.4 is 11.5 Å². The zero-order chi connectivity index (χ0) is 17.7. The van der Waals surface area contributed by atoms with Crippen molar-refractivity contribution in [1.29, 1.82) is 0 Å². The molecule has 0 radical (unpaired) electrons. The second-order valence-electron chi connectivity index (χ2n) is 5.06. The van der Waals surface area contributed by atoms with E-state index in [9.17, 15) is 9.59 Å². The molecule has 0 unspecified atom stereocenters. The number of benzene rings is 1. The third-order valence-corrected chi connectivity index (χ3v) is 3.62. The fourth-order valence-electron chi connectivity index (χ4n) is 2.12. The molecule has 24 heavy (non-hydrogen) atoms. The average Bonchev–Trinajstić information content (AvgIpc) is 2.52. The number of pyridine rings is 1. The molecule has 4 N–H and O–H groups in total. The van der Waals surface area contributed by atoms with Gasteiger partial charge in [-0.3, -0.25) is 9.59 Å². The molecule has 0 saturated carbocycles. The molecule has 0 fully saturated rings. The van der Waals surface area contributed by atoms with Crippen molar-refractivity contribution in [2.45, 2.75) is 19.1 Å². The molecule has 0 saturated heterocycles. The third kappa shape index (κ3) is 4.92. The quantitative estimate of drug-likeness (QED) is 0.600. The highest BCUT2D eigenvalue weighted by atomic mass is 35.5. The van der Waals surface area contributed by atoms with Crippen LogP contribution in [-0.2, 0) is 22.6 Å². The number of esters is 1. The Morgan fingerprint density at radius 1 is 1.17 bits per heavy atom. The minimum atomic E-state index is -0.932. The first-order valence-corrected chi connectivity index (χ1v) is 7.74. The Kier molecular flexibility index (Phi) is 6.14. The lowest BCUT2D eigenvalue weighted by Crippen LogP contribution is -2.35. The first-order valence-electron chi connectivity index (χ1n) is 6.98. The van der Waals surface area contributed by atoms with Crippen molar-refractivity contribution < 1.29 is 14.3 Å². The Hall–Kier alpha value is -2.15. The van der Waals surface area contributed by atoms with Gasteiger partial charge >= 0.3 is 5.97 Å². The normalized spacial score (nSPS) is 11.8. The van der Waals surface area contributed by atoms with Crippen LogP contribution in [0.2, 0.25) is 10.3 Å². The summed E-state index contributed by atoms with van der Waals surface area (Å²) in [5.41, 5.74) is 12.7. The lowest BCUT2D eigenvalue weighted by molar-refractivity contribution is -0.146. The number of rotatable bonds is 6. The van der Waals surface area contributed by atoms with Gasteiger partial charge in [-0.1, -0.05) is 41.4 Å². The Balaban J connectivity index is 1.99. The summed E-state index contributed by atoms with van der Waals surface area (Å²) in [5, 5.41) is 0.404. The zero-order valence-electron chi connectivity index (χ0n) is 12.5. The highest BCUT2D eigenvalue weighted by Crippen LogP contribution is 2.16. The van der Waals surface area contributed by atoms with Gasteiger partial charge in [0.2, 0.25) is 5.91 Å². The van der Waals surface area contributed by atoms with E-state index in [1.54, 1.807) is 24.3 Å². The summed E-state index contributed by atoms with van der Waals surface area (Å²) in [6.45, 7) is -0.0358. The minimum absolute atomic E-state index is 0.0358. The van der Waals surface area contributed by atoms with Crippen molar-refractivity contribution in [3.05, 3.63) is 63.4 Å². The van der Waals surface area contributed by atoms with Gasteiger partial charge in [0.05, 0.1) is 0 Å². The van der Waals surface area contributed by atoms with E-state index in [-0.39, 0.29) is 23.3 Å². The largest absolute Gasteiger partial charge is 0.460 e. The van der Waals surface area contributed by atoms with Crippen LogP contribution in [0, 0.1) is 0 Å². The van der Waals surface area contributed by atoms with Gasteiger partial charge in [0.1, 0.15) is 23.0 Å². The summed E-state index contributed by atoms with van der Waals surface area (Å²) in [5.74, 6) is -1.19. The van der Waals surface area contributed by atoms with E-state index >= 15 is 0 Å². The second-order valence-corrected chi connectivity index (χ2v) is 5.84. The van der Waals surface area contributed by atoms with E-state index in [1.165, 1.54) is 12.1 Å². The number of primary amides is 1. The summed E-state index contributed by atoms with van der Waals surface area (Å²) >= 11 is 11.6. The molecule has 1 atom stereocenters. The number of hydrogen-bond acceptors (Lipinski definition) is 5. The Labute approximate surface area is 148 Å². The average molecular weight is 368 g/mol. The maximum Gasteiger partial charge on any atom is 0.323 e. The summed E-state index contributed by atoms with van der Waals surface area (Å²) in [6, 6.07) is 8.83. The number of carbonyl (C=O) groups is 2. The highest BCUT2D eigenvalue weighted by Gasteiger charge is 2.19. The van der Waals surface area contributed by atoms with E-state index in [1.807, 2.05) is 0 Å². The molecule has 1 aromatic heterocycles. The fourth-order valence-corrected chi connectivity index (χ4v) is 2.62. The number of halogens is 2. The van der Waals surface area contributed by atoms with Crippen LogP contribution in [0.25, 0.3) is 0 Å². The van der Waals surface area contributed by atoms with Crippen molar-refractivity contribution in [3.8, 4) is 0 Å². The SMILES string of the molecule is NC(=O)c1ccccc1C[C@H](N)C(=O)OCc1cc(Cl)nc(Cl)c1. The molecule has 0 aliphatic heterocycles. The predicted molar refractivity (Wildman–Crippen MR) is 90.7 cm³/mol. The van der Waals surface area contributed by atoms with Crippen LogP contribution in [-0.4, -0.2) is 22.9 Å². The summed E-state index contributed by atoms with van der Waals surface area (Å²) < 4.78 is 5.15. The molecule has 2 rings (SSSR count). The van der Waals surface area contributed by atoms with Crippen molar-refractivity contribution in [1.82, 2.24) is 4.98 Å². The van der Waals surface area contributed by atoms with Crippen LogP contribution in [0.5, 0.6) is 0 Å². The summed E-state index contributed by atoms with van der Waals surface area (Å²) in [4.78, 5) is 27.2. The van der Waals surface area contributed by atoms with Crippen molar-refractivity contribution in [3.63, 3.8) is 0 Å². The maximum atomic E-state index is 12.0. The standard InChI is InChI=1S/C16H15Cl2N3O3/c17-13-5-9(6-14(18)21-13)8-24-16(23)12(19)7-10-3-1-2-4-11(10)15(20)22/h1-6,12H,7-8,19H2,(H2,20,22)/t12-/m0/s1. The number of hydrogen-bond donors (Lipinski definition) is 2. The van der Waals surface area contributed by atoms with Gasteiger partial charge in [0.15, 0.2) is 0 Å². The van der Waals surface area contributed by atoms with Crippen LogP contribution in [0.15, 0.2) is 36.4 Å². The van der Waals surface area contributed by atoms with Crippen LogP contribution >= 0.6 is 23.2 Å². The lowest BCUT2D eigenvalue weighted by atomic mass is 10.0. The van der Waals surface area contributed by atoms with Gasteiger partial charge < -0.3 is 16.2 Å². The molecule has 0 aliphatic carbocycles. The van der Waals surface area contributed by atoms with Crippen LogP contribution in [0.1, 0.15) is 21.5 Å². The number of aromatic nitrogens is 1. The first kappa shape index (κ1) is 18.2. The fraction of sp³-hybridized carbons (Fsp3) is 0.188. The smallest absolute Gasteiger partial charge is 0.323 e. The topological polar surface area (TPSA) is 108 Å². The lowest BCUT2D eigenvalue weighted by Gasteiger charge is -2.13. The van der Waals surface area contributed by atoms with Crippen LogP contribution in [0.4, 0.5) is 0 Å². The van der Waals surface area contributed by atoms with E-state index in [2.05, 4.69) is 4.98 Å². The second kappa shape index (κ2) is 8.10. The van der Waals surface area contributed by atoms with Crippen molar-refractivity contribution in [2.24, 2.45) is 11.5 Å².